The lowest BCUT2D eigenvalue weighted by molar-refractivity contribution is 0.885. The number of para-hydroxylation sites is 1. The van der Waals surface area contributed by atoms with Crippen molar-refractivity contribution in [1.82, 2.24) is 24.7 Å². The fourth-order valence-corrected chi connectivity index (χ4v) is 4.27. The molecule has 0 saturated carbocycles. The van der Waals surface area contributed by atoms with Crippen LogP contribution in [0.4, 0.5) is 0 Å². The van der Waals surface area contributed by atoms with E-state index in [0.29, 0.717) is 0 Å². The number of pyridine rings is 1. The van der Waals surface area contributed by atoms with Crippen molar-refractivity contribution >= 4 is 23.1 Å². The Labute approximate surface area is 160 Å². The van der Waals surface area contributed by atoms with Crippen LogP contribution < -0.4 is 0 Å². The van der Waals surface area contributed by atoms with E-state index in [1.807, 2.05) is 30.3 Å². The Bertz CT molecular complexity index is 980. The Morgan fingerprint density at radius 2 is 1.85 bits per heavy atom. The smallest absolute Gasteiger partial charge is 0.196 e. The summed E-state index contributed by atoms with van der Waals surface area (Å²) in [4.78, 5) is 8.74. The summed E-state index contributed by atoms with van der Waals surface area (Å²) in [6.45, 7) is 2.13. The van der Waals surface area contributed by atoms with E-state index in [1.165, 1.54) is 5.01 Å². The maximum absolute atomic E-state index is 4.64. The summed E-state index contributed by atoms with van der Waals surface area (Å²) in [7, 11) is 0. The van der Waals surface area contributed by atoms with Crippen molar-refractivity contribution in [3.63, 3.8) is 0 Å². The number of aromatic nitrogens is 5. The SMILES string of the molecule is CCc1nc(CSc2nnc(-c3ccncc3)n2-c2ccccc2)cs1. The number of thioether (sulfide) groups is 1. The van der Waals surface area contributed by atoms with Crippen molar-refractivity contribution in [2.24, 2.45) is 0 Å². The van der Waals surface area contributed by atoms with Crippen LogP contribution in [0.3, 0.4) is 0 Å². The van der Waals surface area contributed by atoms with E-state index in [1.54, 1.807) is 35.5 Å². The maximum Gasteiger partial charge on any atom is 0.196 e. The third kappa shape index (κ3) is 3.54. The molecular formula is C19H17N5S2. The molecule has 4 rings (SSSR count). The van der Waals surface area contributed by atoms with Crippen LogP contribution in [0, 0.1) is 0 Å². The summed E-state index contributed by atoms with van der Waals surface area (Å²) in [5, 5.41) is 13.0. The molecule has 0 aliphatic heterocycles. The molecular weight excluding hydrogens is 362 g/mol. The largest absolute Gasteiger partial charge is 0.270 e. The number of hydrogen-bond donors (Lipinski definition) is 0. The second-order valence-corrected chi connectivity index (χ2v) is 7.47. The minimum Gasteiger partial charge on any atom is -0.270 e. The molecule has 3 aromatic heterocycles. The first-order valence-corrected chi connectivity index (χ1v) is 10.2. The predicted molar refractivity (Wildman–Crippen MR) is 106 cm³/mol. The number of hydrogen-bond acceptors (Lipinski definition) is 6. The minimum absolute atomic E-state index is 0.776. The molecule has 0 atom stereocenters. The lowest BCUT2D eigenvalue weighted by Crippen LogP contribution is -1.99. The van der Waals surface area contributed by atoms with Gasteiger partial charge in [0.1, 0.15) is 0 Å². The Balaban J connectivity index is 1.69. The second-order valence-electron chi connectivity index (χ2n) is 5.59. The fraction of sp³-hybridized carbons (Fsp3) is 0.158. The quantitative estimate of drug-likeness (QED) is 0.457. The summed E-state index contributed by atoms with van der Waals surface area (Å²) in [6.07, 6.45) is 4.52. The maximum atomic E-state index is 4.64. The van der Waals surface area contributed by atoms with Gasteiger partial charge >= 0.3 is 0 Å². The molecule has 0 bridgehead atoms. The van der Waals surface area contributed by atoms with Crippen LogP contribution in [0.2, 0.25) is 0 Å². The molecule has 0 radical (unpaired) electrons. The molecule has 0 unspecified atom stereocenters. The van der Waals surface area contributed by atoms with Crippen LogP contribution in [-0.2, 0) is 12.2 Å². The standard InChI is InChI=1S/C19H17N5S2/c1-2-17-21-15(12-25-17)13-26-19-23-22-18(14-8-10-20-11-9-14)24(19)16-6-4-3-5-7-16/h3-12H,2,13H2,1H3. The van der Waals surface area contributed by atoms with Gasteiger partial charge in [-0.05, 0) is 30.7 Å². The molecule has 0 N–H and O–H groups in total. The number of rotatable bonds is 6. The van der Waals surface area contributed by atoms with E-state index in [2.05, 4.69) is 49.2 Å². The highest BCUT2D eigenvalue weighted by Gasteiger charge is 2.16. The first kappa shape index (κ1) is 16.9. The van der Waals surface area contributed by atoms with Gasteiger partial charge in [-0.3, -0.25) is 9.55 Å². The van der Waals surface area contributed by atoms with E-state index in [0.717, 1.165) is 40.1 Å². The summed E-state index contributed by atoms with van der Waals surface area (Å²) >= 11 is 3.37. The molecule has 7 heteroatoms. The van der Waals surface area contributed by atoms with E-state index in [4.69, 9.17) is 0 Å². The van der Waals surface area contributed by atoms with Crippen molar-refractivity contribution in [2.45, 2.75) is 24.3 Å². The molecule has 26 heavy (non-hydrogen) atoms. The van der Waals surface area contributed by atoms with Crippen molar-refractivity contribution in [3.8, 4) is 17.1 Å². The van der Waals surface area contributed by atoms with Crippen molar-refractivity contribution in [2.75, 3.05) is 0 Å². The van der Waals surface area contributed by atoms with Crippen molar-refractivity contribution in [1.29, 1.82) is 0 Å². The van der Waals surface area contributed by atoms with Gasteiger partial charge in [-0.25, -0.2) is 4.98 Å². The lowest BCUT2D eigenvalue weighted by Gasteiger charge is -2.09. The molecule has 0 aliphatic rings. The highest BCUT2D eigenvalue weighted by atomic mass is 32.2. The van der Waals surface area contributed by atoms with E-state index in [-0.39, 0.29) is 0 Å². The summed E-state index contributed by atoms with van der Waals surface area (Å²) < 4.78 is 2.09. The molecule has 0 aliphatic carbocycles. The first-order valence-electron chi connectivity index (χ1n) is 8.32. The highest BCUT2D eigenvalue weighted by molar-refractivity contribution is 7.98. The van der Waals surface area contributed by atoms with Gasteiger partial charge in [0.2, 0.25) is 0 Å². The molecule has 0 saturated heterocycles. The first-order chi connectivity index (χ1) is 12.8. The van der Waals surface area contributed by atoms with Crippen LogP contribution in [0.25, 0.3) is 17.1 Å². The lowest BCUT2D eigenvalue weighted by atomic mass is 10.2. The highest BCUT2D eigenvalue weighted by Crippen LogP contribution is 2.29. The number of nitrogens with zero attached hydrogens (tertiary/aromatic N) is 5. The fourth-order valence-electron chi connectivity index (χ4n) is 2.58. The van der Waals surface area contributed by atoms with Crippen LogP contribution in [0.5, 0.6) is 0 Å². The van der Waals surface area contributed by atoms with Crippen molar-refractivity contribution in [3.05, 3.63) is 70.9 Å². The Kier molecular flexibility index (Phi) is 5.08. The topological polar surface area (TPSA) is 56.5 Å². The summed E-state index contributed by atoms with van der Waals surface area (Å²) in [5.74, 6) is 1.59. The Morgan fingerprint density at radius 3 is 2.58 bits per heavy atom. The summed E-state index contributed by atoms with van der Waals surface area (Å²) in [6, 6.07) is 14.1. The third-order valence-corrected chi connectivity index (χ3v) is 5.84. The average Bonchev–Trinajstić information content (AvgIpc) is 3.34. The molecule has 3 heterocycles. The van der Waals surface area contributed by atoms with Gasteiger partial charge < -0.3 is 0 Å². The zero-order chi connectivity index (χ0) is 17.8. The minimum atomic E-state index is 0.776. The van der Waals surface area contributed by atoms with Gasteiger partial charge in [-0.15, -0.1) is 21.5 Å². The molecule has 5 nitrogen and oxygen atoms in total. The van der Waals surface area contributed by atoms with Gasteiger partial charge in [0, 0.05) is 34.8 Å². The second kappa shape index (κ2) is 7.80. The van der Waals surface area contributed by atoms with Gasteiger partial charge in [-0.1, -0.05) is 36.9 Å². The Morgan fingerprint density at radius 1 is 1.04 bits per heavy atom. The van der Waals surface area contributed by atoms with Gasteiger partial charge in [-0.2, -0.15) is 0 Å². The number of thiazole rings is 1. The molecule has 0 fully saturated rings. The number of benzene rings is 1. The van der Waals surface area contributed by atoms with Crippen molar-refractivity contribution < 1.29 is 0 Å². The zero-order valence-corrected chi connectivity index (χ0v) is 15.9. The molecule has 0 spiro atoms. The molecule has 130 valence electrons. The van der Waals surface area contributed by atoms with Crippen LogP contribution in [0.1, 0.15) is 17.6 Å². The average molecular weight is 380 g/mol. The van der Waals surface area contributed by atoms with Gasteiger partial charge in [0.25, 0.3) is 0 Å². The molecule has 1 aromatic carbocycles. The van der Waals surface area contributed by atoms with Crippen LogP contribution >= 0.6 is 23.1 Å². The van der Waals surface area contributed by atoms with E-state index < -0.39 is 0 Å². The third-order valence-electron chi connectivity index (χ3n) is 3.84. The van der Waals surface area contributed by atoms with Crippen LogP contribution in [0.15, 0.2) is 65.4 Å². The Hall–Kier alpha value is -2.51. The predicted octanol–water partition coefficient (Wildman–Crippen LogP) is 4.64. The van der Waals surface area contributed by atoms with Gasteiger partial charge in [0.05, 0.1) is 10.7 Å². The molecule has 0 amide bonds. The summed E-state index contributed by atoms with van der Waals surface area (Å²) in [5.41, 5.74) is 3.12. The normalized spacial score (nSPS) is 11.0. The monoisotopic (exact) mass is 379 g/mol. The van der Waals surface area contributed by atoms with E-state index >= 15 is 0 Å². The van der Waals surface area contributed by atoms with Crippen LogP contribution in [-0.4, -0.2) is 24.7 Å². The molecule has 4 aromatic rings. The van der Waals surface area contributed by atoms with E-state index in [9.17, 15) is 0 Å². The van der Waals surface area contributed by atoms with Gasteiger partial charge in [0.15, 0.2) is 11.0 Å². The zero-order valence-electron chi connectivity index (χ0n) is 14.2. The number of aryl methyl sites for hydroxylation is 1.